The van der Waals surface area contributed by atoms with Crippen LogP contribution in [0.25, 0.3) is 0 Å². The van der Waals surface area contributed by atoms with E-state index in [0.29, 0.717) is 5.56 Å². The largest absolute Gasteiger partial charge is 0.481 e. The summed E-state index contributed by atoms with van der Waals surface area (Å²) in [4.78, 5) is 24.1. The van der Waals surface area contributed by atoms with Crippen molar-refractivity contribution in [3.05, 3.63) is 35.1 Å². The van der Waals surface area contributed by atoms with Crippen LogP contribution in [0, 0.1) is 23.1 Å². The Morgan fingerprint density at radius 1 is 1.58 bits per heavy atom. The van der Waals surface area contributed by atoms with Crippen LogP contribution in [0.15, 0.2) is 18.2 Å². The average molecular weight is 262 g/mol. The maximum Gasteiger partial charge on any atom is 0.309 e. The Morgan fingerprint density at radius 3 is 2.84 bits per heavy atom. The first-order valence-electron chi connectivity index (χ1n) is 5.63. The maximum atomic E-state index is 13.3. The molecule has 1 aromatic carbocycles. The zero-order valence-corrected chi connectivity index (χ0v) is 10.1. The number of carboxylic acid groups (broad SMARTS) is 1. The predicted octanol–water partition coefficient (Wildman–Crippen LogP) is 1.30. The molecule has 0 saturated carbocycles. The van der Waals surface area contributed by atoms with E-state index in [1.54, 1.807) is 6.07 Å². The highest BCUT2D eigenvalue weighted by atomic mass is 19.1. The van der Waals surface area contributed by atoms with Crippen LogP contribution in [0.4, 0.5) is 4.39 Å². The number of benzene rings is 1. The van der Waals surface area contributed by atoms with Crippen LogP contribution in [-0.4, -0.2) is 28.9 Å². The molecule has 0 radical (unpaired) electrons. The summed E-state index contributed by atoms with van der Waals surface area (Å²) in [5.41, 5.74) is 0.299. The topological polar surface area (TPSA) is 81.4 Å². The molecule has 2 atom stereocenters. The first kappa shape index (κ1) is 13.0. The minimum atomic E-state index is -1.08. The van der Waals surface area contributed by atoms with Crippen molar-refractivity contribution in [3.63, 3.8) is 0 Å². The van der Waals surface area contributed by atoms with Gasteiger partial charge in [-0.15, -0.1) is 0 Å². The summed E-state index contributed by atoms with van der Waals surface area (Å²) in [6, 6.07) is 4.85. The molecule has 2 unspecified atom stereocenters. The number of halogens is 1. The third kappa shape index (κ3) is 2.15. The van der Waals surface area contributed by atoms with Gasteiger partial charge < -0.3 is 10.0 Å². The SMILES string of the molecule is CN1C(=O)CC(C(=O)O)C1c1ccc(F)c(C#N)c1. The number of rotatable bonds is 2. The standard InChI is InChI=1S/C13H11FN2O3/c1-16-11(17)5-9(13(18)19)12(16)7-2-3-10(14)8(4-7)6-15/h2-4,9,12H,5H2,1H3,(H,18,19). The first-order chi connectivity index (χ1) is 8.95. The molecule has 1 amide bonds. The fraction of sp³-hybridized carbons (Fsp3) is 0.308. The van der Waals surface area contributed by atoms with Gasteiger partial charge in [-0.3, -0.25) is 9.59 Å². The Hall–Kier alpha value is -2.42. The van der Waals surface area contributed by atoms with E-state index in [2.05, 4.69) is 0 Å². The van der Waals surface area contributed by atoms with E-state index in [9.17, 15) is 14.0 Å². The summed E-state index contributed by atoms with van der Waals surface area (Å²) in [5, 5.41) is 17.9. The molecule has 1 fully saturated rings. The molecule has 6 heteroatoms. The number of aliphatic carboxylic acids is 1. The van der Waals surface area contributed by atoms with Crippen molar-refractivity contribution < 1.29 is 19.1 Å². The van der Waals surface area contributed by atoms with Gasteiger partial charge in [-0.05, 0) is 17.7 Å². The number of hydrogen-bond donors (Lipinski definition) is 1. The molecule has 98 valence electrons. The van der Waals surface area contributed by atoms with Gasteiger partial charge in [-0.1, -0.05) is 6.07 Å². The summed E-state index contributed by atoms with van der Waals surface area (Å²) in [6.45, 7) is 0. The van der Waals surface area contributed by atoms with Gasteiger partial charge in [0.15, 0.2) is 0 Å². The van der Waals surface area contributed by atoms with Crippen molar-refractivity contribution in [2.75, 3.05) is 7.05 Å². The average Bonchev–Trinajstić information content (AvgIpc) is 2.67. The zero-order chi connectivity index (χ0) is 14.2. The Kier molecular flexibility index (Phi) is 3.21. The van der Waals surface area contributed by atoms with Crippen molar-refractivity contribution in [3.8, 4) is 6.07 Å². The number of carbonyl (C=O) groups is 2. The minimum Gasteiger partial charge on any atom is -0.481 e. The lowest BCUT2D eigenvalue weighted by Crippen LogP contribution is -2.27. The molecule has 0 spiro atoms. The first-order valence-corrected chi connectivity index (χ1v) is 5.63. The van der Waals surface area contributed by atoms with Crippen molar-refractivity contribution in [2.24, 2.45) is 5.92 Å². The molecule has 19 heavy (non-hydrogen) atoms. The number of amides is 1. The van der Waals surface area contributed by atoms with Gasteiger partial charge in [-0.25, -0.2) is 4.39 Å². The Bertz CT molecular complexity index is 594. The Balaban J connectivity index is 2.47. The van der Waals surface area contributed by atoms with Crippen LogP contribution >= 0.6 is 0 Å². The van der Waals surface area contributed by atoms with Crippen LogP contribution in [0.3, 0.4) is 0 Å². The highest BCUT2D eigenvalue weighted by Crippen LogP contribution is 2.37. The summed E-state index contributed by atoms with van der Waals surface area (Å²) < 4.78 is 13.3. The summed E-state index contributed by atoms with van der Waals surface area (Å²) in [5.74, 6) is -2.90. The quantitative estimate of drug-likeness (QED) is 0.871. The predicted molar refractivity (Wildman–Crippen MR) is 62.4 cm³/mol. The lowest BCUT2D eigenvalue weighted by atomic mass is 9.93. The van der Waals surface area contributed by atoms with Crippen molar-refractivity contribution in [2.45, 2.75) is 12.5 Å². The Morgan fingerprint density at radius 2 is 2.26 bits per heavy atom. The molecule has 1 aliphatic heterocycles. The van der Waals surface area contributed by atoms with Crippen LogP contribution in [0.2, 0.25) is 0 Å². The van der Waals surface area contributed by atoms with Gasteiger partial charge in [0, 0.05) is 13.5 Å². The summed E-state index contributed by atoms with van der Waals surface area (Å²) in [7, 11) is 1.51. The molecule has 5 nitrogen and oxygen atoms in total. The van der Waals surface area contributed by atoms with Gasteiger partial charge >= 0.3 is 5.97 Å². The summed E-state index contributed by atoms with van der Waals surface area (Å²) in [6.07, 6.45) is -0.0875. The van der Waals surface area contributed by atoms with Crippen LogP contribution in [0.5, 0.6) is 0 Å². The maximum absolute atomic E-state index is 13.3. The van der Waals surface area contributed by atoms with Gasteiger partial charge in [0.2, 0.25) is 5.91 Å². The second-order valence-electron chi connectivity index (χ2n) is 4.45. The molecular weight excluding hydrogens is 251 g/mol. The molecule has 1 N–H and O–H groups in total. The lowest BCUT2D eigenvalue weighted by molar-refractivity contribution is -0.142. The highest BCUT2D eigenvalue weighted by molar-refractivity contribution is 5.87. The van der Waals surface area contributed by atoms with Crippen LogP contribution in [-0.2, 0) is 9.59 Å². The van der Waals surface area contributed by atoms with E-state index >= 15 is 0 Å². The second-order valence-corrected chi connectivity index (χ2v) is 4.45. The third-order valence-electron chi connectivity index (χ3n) is 3.36. The van der Waals surface area contributed by atoms with E-state index in [1.807, 2.05) is 0 Å². The smallest absolute Gasteiger partial charge is 0.309 e. The normalized spacial score (nSPS) is 22.4. The lowest BCUT2D eigenvalue weighted by Gasteiger charge is -2.23. The van der Waals surface area contributed by atoms with Gasteiger partial charge in [0.05, 0.1) is 17.5 Å². The fourth-order valence-corrected chi connectivity index (χ4v) is 2.36. The highest BCUT2D eigenvalue weighted by Gasteiger charge is 2.42. The number of carbonyl (C=O) groups excluding carboxylic acids is 1. The Labute approximate surface area is 108 Å². The van der Waals surface area contributed by atoms with E-state index in [-0.39, 0.29) is 17.9 Å². The number of carboxylic acids is 1. The van der Waals surface area contributed by atoms with Crippen molar-refractivity contribution in [1.82, 2.24) is 4.90 Å². The van der Waals surface area contributed by atoms with Gasteiger partial charge in [-0.2, -0.15) is 5.26 Å². The molecule has 0 bridgehead atoms. The molecule has 1 heterocycles. The molecule has 1 saturated heterocycles. The molecule has 1 aliphatic rings. The minimum absolute atomic E-state index is 0.0875. The number of nitrogens with zero attached hydrogens (tertiary/aromatic N) is 2. The number of likely N-dealkylation sites (tertiary alicyclic amines) is 1. The number of hydrogen-bond acceptors (Lipinski definition) is 3. The van der Waals surface area contributed by atoms with Gasteiger partial charge in [0.25, 0.3) is 0 Å². The zero-order valence-electron chi connectivity index (χ0n) is 10.1. The van der Waals surface area contributed by atoms with Crippen LogP contribution < -0.4 is 0 Å². The van der Waals surface area contributed by atoms with Crippen LogP contribution in [0.1, 0.15) is 23.6 Å². The molecule has 0 aliphatic carbocycles. The molecular formula is C13H11FN2O3. The molecule has 2 rings (SSSR count). The number of nitriles is 1. The fourth-order valence-electron chi connectivity index (χ4n) is 2.36. The summed E-state index contributed by atoms with van der Waals surface area (Å²) >= 11 is 0. The third-order valence-corrected chi connectivity index (χ3v) is 3.36. The van der Waals surface area contributed by atoms with Crippen molar-refractivity contribution in [1.29, 1.82) is 5.26 Å². The van der Waals surface area contributed by atoms with E-state index in [1.165, 1.54) is 24.1 Å². The van der Waals surface area contributed by atoms with E-state index in [0.717, 1.165) is 6.07 Å². The second kappa shape index (κ2) is 4.69. The monoisotopic (exact) mass is 262 g/mol. The van der Waals surface area contributed by atoms with E-state index < -0.39 is 23.7 Å². The van der Waals surface area contributed by atoms with E-state index in [4.69, 9.17) is 10.4 Å². The molecule has 1 aromatic rings. The van der Waals surface area contributed by atoms with Gasteiger partial charge in [0.1, 0.15) is 11.9 Å². The molecule has 0 aromatic heterocycles. The van der Waals surface area contributed by atoms with Crippen molar-refractivity contribution >= 4 is 11.9 Å².